The van der Waals surface area contributed by atoms with Crippen molar-refractivity contribution in [2.24, 2.45) is 11.7 Å². The molecule has 0 rings (SSSR count). The fraction of sp³-hybridized carbons (Fsp3) is 0.923. The van der Waals surface area contributed by atoms with E-state index < -0.39 is 6.10 Å². The summed E-state index contributed by atoms with van der Waals surface area (Å²) >= 11 is 0. The Kier molecular flexibility index (Phi) is 9.30. The summed E-state index contributed by atoms with van der Waals surface area (Å²) in [7, 11) is 0. The third-order valence-corrected chi connectivity index (χ3v) is 2.93. The van der Waals surface area contributed by atoms with Gasteiger partial charge in [0.2, 0.25) is 5.91 Å². The number of nitrogens with two attached hydrogens (primary N) is 1. The number of amides is 1. The van der Waals surface area contributed by atoms with Crippen molar-refractivity contribution in [3.63, 3.8) is 0 Å². The van der Waals surface area contributed by atoms with Crippen molar-refractivity contribution in [2.75, 3.05) is 0 Å². The number of carbonyl (C=O) groups is 1. The Hall–Kier alpha value is -0.570. The summed E-state index contributed by atoms with van der Waals surface area (Å²) in [6, 6.07) is 0. The molecule has 0 aromatic heterocycles. The Morgan fingerprint density at radius 2 is 1.75 bits per heavy atom. The van der Waals surface area contributed by atoms with Crippen LogP contribution in [-0.2, 0) is 4.79 Å². The Balaban J connectivity index is 3.57. The number of aliphatic hydroxyl groups is 1. The van der Waals surface area contributed by atoms with E-state index in [0.29, 0.717) is 6.42 Å². The first kappa shape index (κ1) is 15.4. The van der Waals surface area contributed by atoms with Crippen LogP contribution in [0.15, 0.2) is 0 Å². The summed E-state index contributed by atoms with van der Waals surface area (Å²) in [6.45, 7) is 3.91. The van der Waals surface area contributed by atoms with E-state index in [1.54, 1.807) is 6.92 Å². The van der Waals surface area contributed by atoms with Crippen LogP contribution in [0.4, 0.5) is 0 Å². The first-order chi connectivity index (χ1) is 7.57. The molecule has 0 spiro atoms. The maximum atomic E-state index is 11.1. The number of primary amides is 1. The summed E-state index contributed by atoms with van der Waals surface area (Å²) in [5.41, 5.74) is 5.30. The van der Waals surface area contributed by atoms with Gasteiger partial charge in [-0.3, -0.25) is 4.79 Å². The molecule has 0 heterocycles. The van der Waals surface area contributed by atoms with Gasteiger partial charge in [0.1, 0.15) is 0 Å². The first-order valence-corrected chi connectivity index (χ1v) is 6.55. The van der Waals surface area contributed by atoms with Crippen molar-refractivity contribution < 1.29 is 9.90 Å². The third kappa shape index (κ3) is 8.72. The molecule has 2 atom stereocenters. The molecule has 0 aliphatic heterocycles. The van der Waals surface area contributed by atoms with Gasteiger partial charge in [0.15, 0.2) is 0 Å². The quantitative estimate of drug-likeness (QED) is 0.566. The maximum absolute atomic E-state index is 11.1. The van der Waals surface area contributed by atoms with E-state index in [9.17, 15) is 9.90 Å². The standard InChI is InChI=1S/C13H27NO2/c1-3-4-5-6-7-8-9-12(13(14)16)10-11(2)15/h11-12,15H,3-10H2,1-2H3,(H2,14,16)/t11?,12-/m0/s1. The third-order valence-electron chi connectivity index (χ3n) is 2.93. The Morgan fingerprint density at radius 3 is 2.25 bits per heavy atom. The van der Waals surface area contributed by atoms with E-state index in [0.717, 1.165) is 12.8 Å². The Labute approximate surface area is 99.4 Å². The highest BCUT2D eigenvalue weighted by Crippen LogP contribution is 2.16. The molecule has 0 saturated heterocycles. The molecule has 0 aromatic rings. The topological polar surface area (TPSA) is 63.3 Å². The van der Waals surface area contributed by atoms with Gasteiger partial charge in [0, 0.05) is 5.92 Å². The lowest BCUT2D eigenvalue weighted by Gasteiger charge is -2.14. The van der Waals surface area contributed by atoms with Gasteiger partial charge in [-0.25, -0.2) is 0 Å². The molecule has 1 unspecified atom stereocenters. The minimum Gasteiger partial charge on any atom is -0.393 e. The molecule has 96 valence electrons. The molecule has 3 N–H and O–H groups in total. The second kappa shape index (κ2) is 9.64. The number of hydrogen-bond acceptors (Lipinski definition) is 2. The van der Waals surface area contributed by atoms with Crippen molar-refractivity contribution >= 4 is 5.91 Å². The van der Waals surface area contributed by atoms with Gasteiger partial charge in [-0.05, 0) is 19.8 Å². The van der Waals surface area contributed by atoms with Crippen LogP contribution in [0.2, 0.25) is 0 Å². The zero-order valence-electron chi connectivity index (χ0n) is 10.7. The van der Waals surface area contributed by atoms with Gasteiger partial charge in [-0.15, -0.1) is 0 Å². The van der Waals surface area contributed by atoms with E-state index in [4.69, 9.17) is 5.73 Å². The fourth-order valence-corrected chi connectivity index (χ4v) is 1.96. The smallest absolute Gasteiger partial charge is 0.220 e. The molecule has 0 aliphatic rings. The van der Waals surface area contributed by atoms with Crippen molar-refractivity contribution in [1.29, 1.82) is 0 Å². The van der Waals surface area contributed by atoms with Crippen LogP contribution in [0.3, 0.4) is 0 Å². The van der Waals surface area contributed by atoms with E-state index in [1.807, 2.05) is 0 Å². The van der Waals surface area contributed by atoms with Gasteiger partial charge in [-0.1, -0.05) is 45.4 Å². The normalized spacial score (nSPS) is 14.7. The summed E-state index contributed by atoms with van der Waals surface area (Å²) < 4.78 is 0. The summed E-state index contributed by atoms with van der Waals surface area (Å²) in [5, 5.41) is 9.24. The van der Waals surface area contributed by atoms with Gasteiger partial charge in [0.25, 0.3) is 0 Å². The predicted octanol–water partition coefficient (Wildman–Crippen LogP) is 2.61. The molecule has 0 saturated carbocycles. The van der Waals surface area contributed by atoms with Crippen molar-refractivity contribution in [2.45, 2.75) is 71.3 Å². The van der Waals surface area contributed by atoms with E-state index in [2.05, 4.69) is 6.92 Å². The minimum atomic E-state index is -0.433. The maximum Gasteiger partial charge on any atom is 0.220 e. The van der Waals surface area contributed by atoms with Crippen LogP contribution in [-0.4, -0.2) is 17.1 Å². The van der Waals surface area contributed by atoms with Gasteiger partial charge >= 0.3 is 0 Å². The van der Waals surface area contributed by atoms with Crippen molar-refractivity contribution in [3.05, 3.63) is 0 Å². The molecule has 0 fully saturated rings. The van der Waals surface area contributed by atoms with Crippen LogP contribution < -0.4 is 5.73 Å². The Morgan fingerprint density at radius 1 is 1.19 bits per heavy atom. The molecule has 0 aliphatic carbocycles. The van der Waals surface area contributed by atoms with Crippen LogP contribution in [0.1, 0.15) is 65.2 Å². The predicted molar refractivity (Wildman–Crippen MR) is 67.0 cm³/mol. The minimum absolute atomic E-state index is 0.147. The lowest BCUT2D eigenvalue weighted by Crippen LogP contribution is -2.26. The zero-order valence-corrected chi connectivity index (χ0v) is 10.7. The lowest BCUT2D eigenvalue weighted by molar-refractivity contribution is -0.123. The van der Waals surface area contributed by atoms with Gasteiger partial charge in [0.05, 0.1) is 6.10 Å². The Bertz CT molecular complexity index is 181. The van der Waals surface area contributed by atoms with Crippen LogP contribution in [0.5, 0.6) is 0 Å². The molecule has 0 radical (unpaired) electrons. The van der Waals surface area contributed by atoms with Crippen LogP contribution in [0, 0.1) is 5.92 Å². The highest BCUT2D eigenvalue weighted by atomic mass is 16.3. The molecule has 1 amide bonds. The molecular weight excluding hydrogens is 202 g/mol. The van der Waals surface area contributed by atoms with Crippen molar-refractivity contribution in [1.82, 2.24) is 0 Å². The summed E-state index contributed by atoms with van der Waals surface area (Å²) in [5.74, 6) is -0.416. The van der Waals surface area contributed by atoms with E-state index in [1.165, 1.54) is 32.1 Å². The summed E-state index contributed by atoms with van der Waals surface area (Å²) in [4.78, 5) is 11.1. The number of aliphatic hydroxyl groups excluding tert-OH is 1. The van der Waals surface area contributed by atoms with Gasteiger partial charge in [-0.2, -0.15) is 0 Å². The average Bonchev–Trinajstić information content (AvgIpc) is 2.20. The number of carbonyl (C=O) groups excluding carboxylic acids is 1. The lowest BCUT2D eigenvalue weighted by atomic mass is 9.94. The number of rotatable bonds is 10. The molecule has 0 aromatic carbocycles. The molecule has 0 bridgehead atoms. The molecule has 3 nitrogen and oxygen atoms in total. The first-order valence-electron chi connectivity index (χ1n) is 6.55. The SMILES string of the molecule is CCCCCCCC[C@@H](CC(C)O)C(N)=O. The largest absolute Gasteiger partial charge is 0.393 e. The number of hydrogen-bond donors (Lipinski definition) is 2. The van der Waals surface area contributed by atoms with Crippen LogP contribution in [0.25, 0.3) is 0 Å². The zero-order chi connectivity index (χ0) is 12.4. The number of unbranched alkanes of at least 4 members (excludes halogenated alkanes) is 5. The molecule has 3 heteroatoms. The van der Waals surface area contributed by atoms with E-state index >= 15 is 0 Å². The van der Waals surface area contributed by atoms with Gasteiger partial charge < -0.3 is 10.8 Å². The molecular formula is C13H27NO2. The highest BCUT2D eigenvalue weighted by Gasteiger charge is 2.16. The second-order valence-corrected chi connectivity index (χ2v) is 4.74. The fourth-order valence-electron chi connectivity index (χ4n) is 1.96. The summed E-state index contributed by atoms with van der Waals surface area (Å²) in [6.07, 6.45) is 8.20. The monoisotopic (exact) mass is 229 g/mol. The average molecular weight is 229 g/mol. The second-order valence-electron chi connectivity index (χ2n) is 4.74. The van der Waals surface area contributed by atoms with E-state index in [-0.39, 0.29) is 11.8 Å². The highest BCUT2D eigenvalue weighted by molar-refractivity contribution is 5.76. The molecule has 16 heavy (non-hydrogen) atoms. The van der Waals surface area contributed by atoms with Crippen LogP contribution >= 0.6 is 0 Å². The van der Waals surface area contributed by atoms with Crippen molar-refractivity contribution in [3.8, 4) is 0 Å².